The molecule has 134 valence electrons. The molecular weight excluding hydrogens is 360 g/mol. The molecule has 1 saturated heterocycles. The van der Waals surface area contributed by atoms with Crippen molar-refractivity contribution in [2.24, 2.45) is 5.92 Å². The first kappa shape index (κ1) is 17.7. The molecule has 3 aromatic rings. The third-order valence-corrected chi connectivity index (χ3v) is 6.71. The predicted molar refractivity (Wildman–Crippen MR) is 110 cm³/mol. The van der Waals surface area contributed by atoms with E-state index in [0.717, 1.165) is 48.6 Å². The second kappa shape index (κ2) is 7.91. The van der Waals surface area contributed by atoms with Crippen LogP contribution < -0.4 is 0 Å². The summed E-state index contributed by atoms with van der Waals surface area (Å²) in [6, 6.07) is 16.3. The van der Waals surface area contributed by atoms with E-state index in [1.807, 2.05) is 30.3 Å². The van der Waals surface area contributed by atoms with Crippen LogP contribution in [0.4, 0.5) is 0 Å². The van der Waals surface area contributed by atoms with Gasteiger partial charge in [-0.1, -0.05) is 24.3 Å². The number of nitrogens with zero attached hydrogens (tertiary/aromatic N) is 2. The minimum Gasteiger partial charge on any atom is -0.296 e. The second-order valence-corrected chi connectivity index (χ2v) is 8.74. The Morgan fingerprint density at radius 2 is 2.04 bits per heavy atom. The lowest BCUT2D eigenvalue weighted by Gasteiger charge is -2.31. The molecule has 5 heteroatoms. The van der Waals surface area contributed by atoms with Gasteiger partial charge in [-0.3, -0.25) is 9.69 Å². The molecule has 1 atom stereocenters. The van der Waals surface area contributed by atoms with Crippen molar-refractivity contribution in [1.82, 2.24) is 9.88 Å². The number of thioether (sulfide) groups is 1. The monoisotopic (exact) mass is 382 g/mol. The fourth-order valence-electron chi connectivity index (χ4n) is 3.58. The minimum absolute atomic E-state index is 0.0956. The Hall–Kier alpha value is -1.69. The van der Waals surface area contributed by atoms with Crippen LogP contribution in [0.25, 0.3) is 10.2 Å². The predicted octanol–water partition coefficient (Wildman–Crippen LogP) is 5.11. The summed E-state index contributed by atoms with van der Waals surface area (Å²) in [5.41, 5.74) is 1.92. The number of hydrogen-bond donors (Lipinski definition) is 0. The summed E-state index contributed by atoms with van der Waals surface area (Å²) in [5, 5.41) is 1.14. The van der Waals surface area contributed by atoms with Crippen LogP contribution in [0, 0.1) is 5.92 Å². The van der Waals surface area contributed by atoms with Crippen molar-refractivity contribution in [2.45, 2.75) is 24.3 Å². The van der Waals surface area contributed by atoms with Crippen LogP contribution >= 0.6 is 23.1 Å². The maximum Gasteiger partial charge on any atom is 0.167 e. The van der Waals surface area contributed by atoms with Crippen molar-refractivity contribution in [3.05, 3.63) is 59.1 Å². The summed E-state index contributed by atoms with van der Waals surface area (Å²) in [6.45, 7) is 2.72. The van der Waals surface area contributed by atoms with Crippen molar-refractivity contribution in [3.63, 3.8) is 0 Å². The summed E-state index contributed by atoms with van der Waals surface area (Å²) in [6.07, 6.45) is 4.11. The zero-order valence-electron chi connectivity index (χ0n) is 14.9. The molecule has 0 spiro atoms. The molecule has 0 aliphatic carbocycles. The van der Waals surface area contributed by atoms with Gasteiger partial charge in [0.2, 0.25) is 0 Å². The van der Waals surface area contributed by atoms with Crippen LogP contribution in [0.1, 0.15) is 28.2 Å². The number of thiazole rings is 1. The number of benzene rings is 2. The highest BCUT2D eigenvalue weighted by atomic mass is 32.2. The van der Waals surface area contributed by atoms with E-state index < -0.39 is 0 Å². The summed E-state index contributed by atoms with van der Waals surface area (Å²) in [7, 11) is 0. The maximum atomic E-state index is 12.9. The Kier molecular flexibility index (Phi) is 5.38. The number of likely N-dealkylation sites (tertiary alicyclic amines) is 1. The van der Waals surface area contributed by atoms with E-state index in [-0.39, 0.29) is 11.7 Å². The molecule has 0 N–H and O–H groups in total. The van der Waals surface area contributed by atoms with Gasteiger partial charge in [0.15, 0.2) is 5.78 Å². The maximum absolute atomic E-state index is 12.9. The van der Waals surface area contributed by atoms with Gasteiger partial charge in [0.25, 0.3) is 0 Å². The lowest BCUT2D eigenvalue weighted by Crippen LogP contribution is -2.38. The van der Waals surface area contributed by atoms with Gasteiger partial charge in [0.1, 0.15) is 5.01 Å². The van der Waals surface area contributed by atoms with Crippen LogP contribution in [-0.4, -0.2) is 35.0 Å². The average molecular weight is 383 g/mol. The molecular formula is C21H22N2OS2. The average Bonchev–Trinajstić information content (AvgIpc) is 3.10. The Labute approximate surface area is 162 Å². The highest BCUT2D eigenvalue weighted by molar-refractivity contribution is 7.98. The Morgan fingerprint density at radius 3 is 2.81 bits per heavy atom. The van der Waals surface area contributed by atoms with Crippen LogP contribution in [0.5, 0.6) is 0 Å². The molecule has 1 aromatic heterocycles. The summed E-state index contributed by atoms with van der Waals surface area (Å²) in [5.74, 6) is 0.380. The van der Waals surface area contributed by atoms with Gasteiger partial charge >= 0.3 is 0 Å². The Balaban J connectivity index is 1.43. The molecule has 2 heterocycles. The van der Waals surface area contributed by atoms with E-state index in [1.54, 1.807) is 23.1 Å². The first-order valence-electron chi connectivity index (χ1n) is 8.98. The molecule has 0 radical (unpaired) electrons. The van der Waals surface area contributed by atoms with Gasteiger partial charge in [-0.25, -0.2) is 4.98 Å². The third kappa shape index (κ3) is 3.85. The molecule has 2 aromatic carbocycles. The number of piperidine rings is 1. The second-order valence-electron chi connectivity index (χ2n) is 6.74. The molecule has 1 fully saturated rings. The quantitative estimate of drug-likeness (QED) is 0.453. The highest BCUT2D eigenvalue weighted by Crippen LogP contribution is 2.26. The van der Waals surface area contributed by atoms with Gasteiger partial charge in [0, 0.05) is 22.9 Å². The lowest BCUT2D eigenvalue weighted by atomic mass is 9.90. The topological polar surface area (TPSA) is 33.2 Å². The van der Waals surface area contributed by atoms with Gasteiger partial charge < -0.3 is 0 Å². The standard InChI is InChI=1S/C21H22N2OS2/c1-25-17-10-8-15(9-11-17)21(24)16-5-4-12-23(13-16)14-20-22-18-6-2-3-7-19(18)26-20/h2-3,6-11,16H,4-5,12-14H2,1H3. The van der Waals surface area contributed by atoms with E-state index >= 15 is 0 Å². The zero-order chi connectivity index (χ0) is 17.9. The number of aromatic nitrogens is 1. The van der Waals surface area contributed by atoms with E-state index in [9.17, 15) is 4.79 Å². The van der Waals surface area contributed by atoms with Crippen molar-refractivity contribution >= 4 is 39.1 Å². The largest absolute Gasteiger partial charge is 0.296 e. The van der Waals surface area contributed by atoms with Crippen molar-refractivity contribution in [2.75, 3.05) is 19.3 Å². The van der Waals surface area contributed by atoms with Crippen LogP contribution in [0.15, 0.2) is 53.4 Å². The van der Waals surface area contributed by atoms with Crippen molar-refractivity contribution in [3.8, 4) is 0 Å². The molecule has 1 aliphatic heterocycles. The van der Waals surface area contributed by atoms with Gasteiger partial charge in [-0.05, 0) is 49.9 Å². The van der Waals surface area contributed by atoms with Gasteiger partial charge in [-0.15, -0.1) is 23.1 Å². The normalized spacial score (nSPS) is 18.3. The summed E-state index contributed by atoms with van der Waals surface area (Å²) < 4.78 is 1.24. The molecule has 4 rings (SSSR count). The number of fused-ring (bicyclic) bond motifs is 1. The fourth-order valence-corrected chi connectivity index (χ4v) is 5.00. The van der Waals surface area contributed by atoms with Crippen molar-refractivity contribution < 1.29 is 4.79 Å². The fraction of sp³-hybridized carbons (Fsp3) is 0.333. The number of rotatable bonds is 5. The minimum atomic E-state index is 0.0956. The Bertz CT molecular complexity index is 871. The number of Topliss-reactive ketones (excluding diaryl/α,β-unsaturated/α-hetero) is 1. The van der Waals surface area contributed by atoms with Gasteiger partial charge in [-0.2, -0.15) is 0 Å². The number of carbonyl (C=O) groups is 1. The van der Waals surface area contributed by atoms with E-state index in [0.29, 0.717) is 0 Å². The summed E-state index contributed by atoms with van der Waals surface area (Å²) in [4.78, 5) is 21.2. The molecule has 1 unspecified atom stereocenters. The van der Waals surface area contributed by atoms with E-state index in [4.69, 9.17) is 4.98 Å². The third-order valence-electron chi connectivity index (χ3n) is 4.95. The smallest absolute Gasteiger partial charge is 0.167 e. The number of carbonyl (C=O) groups excluding carboxylic acids is 1. The van der Waals surface area contributed by atoms with E-state index in [2.05, 4.69) is 29.4 Å². The van der Waals surface area contributed by atoms with Crippen LogP contribution in [-0.2, 0) is 6.54 Å². The molecule has 26 heavy (non-hydrogen) atoms. The first-order valence-corrected chi connectivity index (χ1v) is 11.0. The number of hydrogen-bond acceptors (Lipinski definition) is 5. The molecule has 0 amide bonds. The molecule has 0 bridgehead atoms. The number of para-hydroxylation sites is 1. The van der Waals surface area contributed by atoms with Gasteiger partial charge in [0.05, 0.1) is 16.8 Å². The first-order chi connectivity index (χ1) is 12.7. The molecule has 1 aliphatic rings. The van der Waals surface area contributed by atoms with Crippen LogP contribution in [0.3, 0.4) is 0 Å². The number of ketones is 1. The zero-order valence-corrected chi connectivity index (χ0v) is 16.5. The molecule has 3 nitrogen and oxygen atoms in total. The highest BCUT2D eigenvalue weighted by Gasteiger charge is 2.27. The molecule has 0 saturated carbocycles. The Morgan fingerprint density at radius 1 is 1.23 bits per heavy atom. The van der Waals surface area contributed by atoms with E-state index in [1.165, 1.54) is 9.60 Å². The SMILES string of the molecule is CSc1ccc(C(=O)C2CCCN(Cc3nc4ccccc4s3)C2)cc1. The lowest BCUT2D eigenvalue weighted by molar-refractivity contribution is 0.0811. The summed E-state index contributed by atoms with van der Waals surface area (Å²) >= 11 is 3.46. The van der Waals surface area contributed by atoms with Crippen molar-refractivity contribution in [1.29, 1.82) is 0 Å². The van der Waals surface area contributed by atoms with Crippen LogP contribution in [0.2, 0.25) is 0 Å².